The first-order valence-electron chi connectivity index (χ1n) is 7.19. The van der Waals surface area contributed by atoms with Gasteiger partial charge in [-0.15, -0.1) is 0 Å². The molecule has 2 nitrogen and oxygen atoms in total. The van der Waals surface area contributed by atoms with E-state index in [2.05, 4.69) is 33.0 Å². The van der Waals surface area contributed by atoms with Gasteiger partial charge in [-0.25, -0.2) is 0 Å². The number of ether oxygens (including phenoxy) is 1. The van der Waals surface area contributed by atoms with Crippen LogP contribution in [0.25, 0.3) is 0 Å². The van der Waals surface area contributed by atoms with Crippen LogP contribution in [0, 0.1) is 11.3 Å². The highest BCUT2D eigenvalue weighted by Gasteiger charge is 2.26. The standard InChI is InChI=1S/C15H31NO/c1-12(2)14(11-17-5)16-13-7-6-9-15(3,4)10-8-13/h12-14,16H,6-11H2,1-5H3. The zero-order valence-corrected chi connectivity index (χ0v) is 12.4. The minimum Gasteiger partial charge on any atom is -0.383 e. The third-order valence-corrected chi connectivity index (χ3v) is 4.18. The van der Waals surface area contributed by atoms with Gasteiger partial charge >= 0.3 is 0 Å². The second-order valence-corrected chi connectivity index (χ2v) is 6.76. The van der Waals surface area contributed by atoms with Gasteiger partial charge < -0.3 is 10.1 Å². The van der Waals surface area contributed by atoms with E-state index >= 15 is 0 Å². The summed E-state index contributed by atoms with van der Waals surface area (Å²) in [6, 6.07) is 1.20. The van der Waals surface area contributed by atoms with Crippen LogP contribution in [0.15, 0.2) is 0 Å². The summed E-state index contributed by atoms with van der Waals surface area (Å²) in [5.41, 5.74) is 0.547. The molecular formula is C15H31NO. The molecule has 0 radical (unpaired) electrons. The molecule has 102 valence electrons. The summed E-state index contributed by atoms with van der Waals surface area (Å²) in [5.74, 6) is 0.645. The van der Waals surface area contributed by atoms with Gasteiger partial charge in [-0.2, -0.15) is 0 Å². The van der Waals surface area contributed by atoms with Crippen molar-refractivity contribution in [2.24, 2.45) is 11.3 Å². The predicted octanol–water partition coefficient (Wildman–Crippen LogP) is 3.61. The van der Waals surface area contributed by atoms with Crippen molar-refractivity contribution >= 4 is 0 Å². The summed E-state index contributed by atoms with van der Waals surface area (Å²) in [7, 11) is 1.80. The highest BCUT2D eigenvalue weighted by Crippen LogP contribution is 2.33. The van der Waals surface area contributed by atoms with Crippen LogP contribution in [-0.4, -0.2) is 25.8 Å². The molecule has 0 saturated heterocycles. The Morgan fingerprint density at radius 2 is 1.94 bits per heavy atom. The molecule has 1 aliphatic rings. The number of nitrogens with one attached hydrogen (secondary N) is 1. The lowest BCUT2D eigenvalue weighted by molar-refractivity contribution is 0.138. The van der Waals surface area contributed by atoms with Crippen molar-refractivity contribution in [2.45, 2.75) is 71.9 Å². The third kappa shape index (κ3) is 5.39. The average Bonchev–Trinajstić information content (AvgIpc) is 2.39. The van der Waals surface area contributed by atoms with Crippen LogP contribution in [0.5, 0.6) is 0 Å². The van der Waals surface area contributed by atoms with Gasteiger partial charge in [0, 0.05) is 19.2 Å². The Kier molecular flexibility index (Phi) is 5.94. The summed E-state index contributed by atoms with van der Waals surface area (Å²) in [6.07, 6.45) is 6.74. The summed E-state index contributed by atoms with van der Waals surface area (Å²) in [4.78, 5) is 0. The van der Waals surface area contributed by atoms with Gasteiger partial charge in [0.05, 0.1) is 6.61 Å². The normalized spacial score (nSPS) is 26.8. The van der Waals surface area contributed by atoms with Crippen LogP contribution in [0.2, 0.25) is 0 Å². The topological polar surface area (TPSA) is 21.3 Å². The largest absolute Gasteiger partial charge is 0.383 e. The molecule has 0 aromatic carbocycles. The zero-order chi connectivity index (χ0) is 12.9. The molecule has 0 aromatic rings. The van der Waals surface area contributed by atoms with Crippen molar-refractivity contribution in [2.75, 3.05) is 13.7 Å². The molecule has 0 spiro atoms. The van der Waals surface area contributed by atoms with Crippen LogP contribution in [0.1, 0.15) is 59.8 Å². The predicted molar refractivity (Wildman–Crippen MR) is 74.3 cm³/mol. The molecule has 1 N–H and O–H groups in total. The molecule has 1 fully saturated rings. The highest BCUT2D eigenvalue weighted by atomic mass is 16.5. The van der Waals surface area contributed by atoms with E-state index in [4.69, 9.17) is 4.74 Å². The van der Waals surface area contributed by atoms with Crippen LogP contribution >= 0.6 is 0 Å². The lowest BCUT2D eigenvalue weighted by atomic mass is 9.85. The lowest BCUT2D eigenvalue weighted by Crippen LogP contribution is -2.44. The van der Waals surface area contributed by atoms with Crippen LogP contribution < -0.4 is 5.32 Å². The van der Waals surface area contributed by atoms with E-state index in [9.17, 15) is 0 Å². The molecule has 2 unspecified atom stereocenters. The van der Waals surface area contributed by atoms with E-state index in [1.807, 2.05) is 0 Å². The maximum atomic E-state index is 5.32. The van der Waals surface area contributed by atoms with Crippen molar-refractivity contribution in [1.82, 2.24) is 5.32 Å². The van der Waals surface area contributed by atoms with E-state index in [0.717, 1.165) is 6.61 Å². The fourth-order valence-electron chi connectivity index (χ4n) is 2.74. The van der Waals surface area contributed by atoms with Crippen LogP contribution in [-0.2, 0) is 4.74 Å². The van der Waals surface area contributed by atoms with E-state index < -0.39 is 0 Å². The van der Waals surface area contributed by atoms with Crippen molar-refractivity contribution in [3.63, 3.8) is 0 Å². The SMILES string of the molecule is COCC(NC1CCCC(C)(C)CC1)C(C)C. The van der Waals surface area contributed by atoms with Gasteiger partial charge in [-0.1, -0.05) is 34.1 Å². The first kappa shape index (κ1) is 15.0. The van der Waals surface area contributed by atoms with Crippen molar-refractivity contribution in [3.05, 3.63) is 0 Å². The number of rotatable bonds is 5. The Morgan fingerprint density at radius 3 is 2.53 bits per heavy atom. The van der Waals surface area contributed by atoms with Gasteiger partial charge in [0.25, 0.3) is 0 Å². The Labute approximate surface area is 108 Å². The van der Waals surface area contributed by atoms with E-state index in [1.54, 1.807) is 7.11 Å². The molecule has 1 aliphatic carbocycles. The summed E-state index contributed by atoms with van der Waals surface area (Å²) in [5, 5.41) is 3.81. The van der Waals surface area contributed by atoms with Crippen molar-refractivity contribution in [1.29, 1.82) is 0 Å². The lowest BCUT2D eigenvalue weighted by Gasteiger charge is -2.28. The molecule has 0 amide bonds. The molecule has 2 atom stereocenters. The van der Waals surface area contributed by atoms with Crippen LogP contribution in [0.4, 0.5) is 0 Å². The van der Waals surface area contributed by atoms with Gasteiger partial charge in [0.15, 0.2) is 0 Å². The van der Waals surface area contributed by atoms with Crippen molar-refractivity contribution < 1.29 is 4.74 Å². The minimum absolute atomic E-state index is 0.506. The monoisotopic (exact) mass is 241 g/mol. The molecular weight excluding hydrogens is 210 g/mol. The number of hydrogen-bond acceptors (Lipinski definition) is 2. The maximum Gasteiger partial charge on any atom is 0.0618 e. The Bertz CT molecular complexity index is 213. The second-order valence-electron chi connectivity index (χ2n) is 6.76. The quantitative estimate of drug-likeness (QED) is 0.743. The second kappa shape index (κ2) is 6.75. The molecule has 1 rings (SSSR count). The fraction of sp³-hybridized carbons (Fsp3) is 1.00. The molecule has 0 aromatic heterocycles. The molecule has 0 bridgehead atoms. The molecule has 0 aliphatic heterocycles. The smallest absolute Gasteiger partial charge is 0.0618 e. The van der Waals surface area contributed by atoms with Gasteiger partial charge in [-0.3, -0.25) is 0 Å². The molecule has 0 heterocycles. The summed E-state index contributed by atoms with van der Waals surface area (Å²) in [6.45, 7) is 10.2. The zero-order valence-electron chi connectivity index (χ0n) is 12.4. The van der Waals surface area contributed by atoms with Crippen LogP contribution in [0.3, 0.4) is 0 Å². The van der Waals surface area contributed by atoms with E-state index in [0.29, 0.717) is 23.4 Å². The summed E-state index contributed by atoms with van der Waals surface area (Å²) >= 11 is 0. The van der Waals surface area contributed by atoms with Gasteiger partial charge in [-0.05, 0) is 37.0 Å². The molecule has 2 heteroatoms. The van der Waals surface area contributed by atoms with E-state index in [-0.39, 0.29) is 0 Å². The minimum atomic E-state index is 0.506. The first-order valence-corrected chi connectivity index (χ1v) is 7.19. The van der Waals surface area contributed by atoms with Gasteiger partial charge in [0.1, 0.15) is 0 Å². The Hall–Kier alpha value is -0.0800. The van der Waals surface area contributed by atoms with Crippen molar-refractivity contribution in [3.8, 4) is 0 Å². The first-order chi connectivity index (χ1) is 7.94. The third-order valence-electron chi connectivity index (χ3n) is 4.18. The van der Waals surface area contributed by atoms with Gasteiger partial charge in [0.2, 0.25) is 0 Å². The number of methoxy groups -OCH3 is 1. The highest BCUT2D eigenvalue weighted by molar-refractivity contribution is 4.82. The maximum absolute atomic E-state index is 5.32. The van der Waals surface area contributed by atoms with E-state index in [1.165, 1.54) is 32.1 Å². The summed E-state index contributed by atoms with van der Waals surface area (Å²) < 4.78 is 5.32. The molecule has 1 saturated carbocycles. The Morgan fingerprint density at radius 1 is 1.24 bits per heavy atom. The average molecular weight is 241 g/mol. The molecule has 17 heavy (non-hydrogen) atoms. The Balaban J connectivity index is 2.44. The fourth-order valence-corrected chi connectivity index (χ4v) is 2.74. The number of hydrogen-bond donors (Lipinski definition) is 1.